The molecule has 74 valence electrons. The van der Waals surface area contributed by atoms with Gasteiger partial charge >= 0.3 is 0 Å². The molecule has 13 heavy (non-hydrogen) atoms. The van der Waals surface area contributed by atoms with Crippen molar-refractivity contribution in [2.75, 3.05) is 27.2 Å². The average Bonchev–Trinajstić information content (AvgIpc) is 2.03. The van der Waals surface area contributed by atoms with Gasteiger partial charge in [0, 0.05) is 7.05 Å². The van der Waals surface area contributed by atoms with Crippen LogP contribution >= 0.6 is 23.2 Å². The Morgan fingerprint density at radius 1 is 1.54 bits per heavy atom. The number of nitrogens with one attached hydrogen (secondary N) is 1. The van der Waals surface area contributed by atoms with Gasteiger partial charge in [0.05, 0.1) is 24.3 Å². The van der Waals surface area contributed by atoms with Crippen molar-refractivity contribution < 1.29 is 4.48 Å². The minimum atomic E-state index is 0.711. The number of nitrogens with zero attached hydrogens (tertiary/aromatic N) is 1. The first kappa shape index (κ1) is 10.9. The van der Waals surface area contributed by atoms with Gasteiger partial charge in [0.25, 0.3) is 0 Å². The van der Waals surface area contributed by atoms with Crippen LogP contribution in [0.5, 0.6) is 0 Å². The third-order valence-corrected chi connectivity index (χ3v) is 3.00. The van der Waals surface area contributed by atoms with Crippen LogP contribution in [0, 0.1) is 0 Å². The largest absolute Gasteiger partial charge is 0.386 e. The van der Waals surface area contributed by atoms with E-state index in [0.717, 1.165) is 28.3 Å². The van der Waals surface area contributed by atoms with Crippen molar-refractivity contribution in [2.24, 2.45) is 0 Å². The topological polar surface area (TPSA) is 12.0 Å². The van der Waals surface area contributed by atoms with Crippen molar-refractivity contribution in [3.05, 3.63) is 22.0 Å². The molecule has 1 atom stereocenters. The molecule has 0 amide bonds. The van der Waals surface area contributed by atoms with Crippen LogP contribution in [0.15, 0.2) is 22.0 Å². The molecule has 1 aliphatic rings. The van der Waals surface area contributed by atoms with E-state index >= 15 is 0 Å². The Morgan fingerprint density at radius 3 is 2.54 bits per heavy atom. The number of hydrogen-bond acceptors (Lipinski definition) is 1. The van der Waals surface area contributed by atoms with Crippen LogP contribution in [0.3, 0.4) is 0 Å². The summed E-state index contributed by atoms with van der Waals surface area (Å²) in [4.78, 5) is 0. The fourth-order valence-electron chi connectivity index (χ4n) is 1.37. The predicted octanol–water partition coefficient (Wildman–Crippen LogP) is 2.22. The van der Waals surface area contributed by atoms with E-state index in [-0.39, 0.29) is 0 Å². The minimum Gasteiger partial charge on any atom is -0.386 e. The summed E-state index contributed by atoms with van der Waals surface area (Å²) in [6.07, 6.45) is 2.03. The number of halogens is 2. The second kappa shape index (κ2) is 3.91. The third-order valence-electron chi connectivity index (χ3n) is 2.41. The number of likely N-dealkylation sites (N-methyl/N-ethyl adjacent to an activating group) is 2. The molecule has 1 N–H and O–H groups in total. The second-order valence-electron chi connectivity index (χ2n) is 3.46. The molecule has 0 spiro atoms. The maximum Gasteiger partial charge on any atom is 0.121 e. The van der Waals surface area contributed by atoms with E-state index in [1.54, 1.807) is 0 Å². The molecule has 1 rings (SSSR count). The summed E-state index contributed by atoms with van der Waals surface area (Å²) in [6, 6.07) is 0. The van der Waals surface area contributed by atoms with Gasteiger partial charge in [-0.3, -0.25) is 4.48 Å². The van der Waals surface area contributed by atoms with E-state index in [2.05, 4.69) is 19.3 Å². The summed E-state index contributed by atoms with van der Waals surface area (Å²) in [5.74, 6) is 0. The van der Waals surface area contributed by atoms with E-state index in [0.29, 0.717) is 5.03 Å². The maximum atomic E-state index is 6.12. The normalized spacial score (nSPS) is 28.8. The molecule has 0 bridgehead atoms. The van der Waals surface area contributed by atoms with Gasteiger partial charge in [-0.05, 0) is 6.92 Å². The molecular formula is C9H15Cl2N2+. The molecule has 1 aliphatic heterocycles. The molecule has 0 saturated heterocycles. The van der Waals surface area contributed by atoms with Crippen LogP contribution in [0.2, 0.25) is 0 Å². The monoisotopic (exact) mass is 221 g/mol. The fraction of sp³-hybridized carbons (Fsp3) is 0.556. The molecule has 0 aliphatic carbocycles. The molecule has 4 heteroatoms. The van der Waals surface area contributed by atoms with Crippen LogP contribution in [-0.4, -0.2) is 31.7 Å². The summed E-state index contributed by atoms with van der Waals surface area (Å²) >= 11 is 12.2. The Labute approximate surface area is 89.4 Å². The Morgan fingerprint density at radius 2 is 2.15 bits per heavy atom. The Hall–Kier alpha value is -0.180. The first-order valence-electron chi connectivity index (χ1n) is 4.32. The second-order valence-corrected chi connectivity index (χ2v) is 4.32. The van der Waals surface area contributed by atoms with Crippen molar-refractivity contribution in [3.8, 4) is 0 Å². The Balaban J connectivity index is 2.99. The predicted molar refractivity (Wildman–Crippen MR) is 57.5 cm³/mol. The van der Waals surface area contributed by atoms with E-state index < -0.39 is 0 Å². The van der Waals surface area contributed by atoms with Gasteiger partial charge in [0.2, 0.25) is 0 Å². The molecule has 1 heterocycles. The zero-order valence-corrected chi connectivity index (χ0v) is 9.71. The fourth-order valence-corrected chi connectivity index (χ4v) is 2.33. The summed E-state index contributed by atoms with van der Waals surface area (Å²) in [5.41, 5.74) is 0.854. The first-order valence-corrected chi connectivity index (χ1v) is 5.07. The smallest absolute Gasteiger partial charge is 0.121 e. The van der Waals surface area contributed by atoms with Gasteiger partial charge in [0.1, 0.15) is 17.8 Å². The Kier molecular flexibility index (Phi) is 3.28. The third kappa shape index (κ3) is 2.19. The minimum absolute atomic E-state index is 0.711. The molecule has 0 aromatic heterocycles. The molecule has 0 aromatic rings. The number of hydrogen-bond donors (Lipinski definition) is 1. The lowest BCUT2D eigenvalue weighted by molar-refractivity contribution is -0.853. The van der Waals surface area contributed by atoms with Crippen LogP contribution in [0.1, 0.15) is 6.92 Å². The van der Waals surface area contributed by atoms with Crippen molar-refractivity contribution >= 4 is 23.2 Å². The first-order chi connectivity index (χ1) is 6.02. The van der Waals surface area contributed by atoms with Gasteiger partial charge in [-0.15, -0.1) is 0 Å². The van der Waals surface area contributed by atoms with Gasteiger partial charge in [-0.1, -0.05) is 23.2 Å². The van der Waals surface area contributed by atoms with Gasteiger partial charge in [-0.2, -0.15) is 0 Å². The lowest BCUT2D eigenvalue weighted by Crippen LogP contribution is -2.42. The van der Waals surface area contributed by atoms with E-state index in [1.807, 2.05) is 13.2 Å². The van der Waals surface area contributed by atoms with Crippen LogP contribution in [0.25, 0.3) is 0 Å². The molecule has 2 nitrogen and oxygen atoms in total. The van der Waals surface area contributed by atoms with Crippen molar-refractivity contribution in [2.45, 2.75) is 6.92 Å². The van der Waals surface area contributed by atoms with Gasteiger partial charge in [-0.25, -0.2) is 0 Å². The summed E-state index contributed by atoms with van der Waals surface area (Å²) in [7, 11) is 3.94. The lowest BCUT2D eigenvalue weighted by Gasteiger charge is -2.32. The molecule has 0 radical (unpaired) electrons. The quantitative estimate of drug-likeness (QED) is 0.706. The summed E-state index contributed by atoms with van der Waals surface area (Å²) < 4.78 is 0.767. The number of rotatable bonds is 2. The van der Waals surface area contributed by atoms with Crippen LogP contribution in [0.4, 0.5) is 0 Å². The zero-order chi connectivity index (χ0) is 10.1. The Bertz CT molecular complexity index is 271. The highest BCUT2D eigenvalue weighted by molar-refractivity contribution is 6.35. The molecule has 0 fully saturated rings. The van der Waals surface area contributed by atoms with E-state index in [9.17, 15) is 0 Å². The standard InChI is InChI=1S/C9H15Cl2N2/c1-4-13(3)5-7(10)9(12-2)8(11)6-13/h5,12H,4,6H2,1-3H3/q+1. The van der Waals surface area contributed by atoms with Crippen molar-refractivity contribution in [1.29, 1.82) is 0 Å². The van der Waals surface area contributed by atoms with E-state index in [4.69, 9.17) is 23.2 Å². The van der Waals surface area contributed by atoms with Gasteiger partial charge in [0.15, 0.2) is 0 Å². The highest BCUT2D eigenvalue weighted by Crippen LogP contribution is 2.28. The molecule has 1 unspecified atom stereocenters. The van der Waals surface area contributed by atoms with Crippen LogP contribution in [-0.2, 0) is 0 Å². The maximum absolute atomic E-state index is 6.12. The van der Waals surface area contributed by atoms with Crippen molar-refractivity contribution in [1.82, 2.24) is 5.32 Å². The highest BCUT2D eigenvalue weighted by atomic mass is 35.5. The summed E-state index contributed by atoms with van der Waals surface area (Å²) in [6.45, 7) is 3.92. The molecule has 0 aromatic carbocycles. The number of allylic oxidation sites excluding steroid dienone is 1. The average molecular weight is 222 g/mol. The zero-order valence-electron chi connectivity index (χ0n) is 8.19. The lowest BCUT2D eigenvalue weighted by atomic mass is 10.2. The van der Waals surface area contributed by atoms with Gasteiger partial charge < -0.3 is 5.32 Å². The van der Waals surface area contributed by atoms with Crippen LogP contribution < -0.4 is 5.32 Å². The SMILES string of the molecule is CC[N+]1(C)C=C(Cl)C(NC)=C(Cl)C1. The summed E-state index contributed by atoms with van der Waals surface area (Å²) in [5, 5.41) is 4.52. The van der Waals surface area contributed by atoms with E-state index in [1.165, 1.54) is 0 Å². The van der Waals surface area contributed by atoms with Crippen molar-refractivity contribution in [3.63, 3.8) is 0 Å². The number of quaternary nitrogens is 1. The molecule has 0 saturated carbocycles. The highest BCUT2D eigenvalue weighted by Gasteiger charge is 2.27. The molecular weight excluding hydrogens is 207 g/mol.